The number of aliphatic carboxylic acids is 1. The molecule has 0 aromatic heterocycles. The van der Waals surface area contributed by atoms with Crippen molar-refractivity contribution in [2.24, 2.45) is 5.92 Å². The lowest BCUT2D eigenvalue weighted by Crippen LogP contribution is -2.40. The van der Waals surface area contributed by atoms with Crippen molar-refractivity contribution in [2.45, 2.75) is 51.9 Å². The van der Waals surface area contributed by atoms with Crippen molar-refractivity contribution in [3.05, 3.63) is 0 Å². The lowest BCUT2D eigenvalue weighted by Gasteiger charge is -2.32. The van der Waals surface area contributed by atoms with Crippen LogP contribution in [-0.4, -0.2) is 47.4 Å². The van der Waals surface area contributed by atoms with Crippen LogP contribution in [0, 0.1) is 5.92 Å². The Balaban J connectivity index is 2.29. The molecule has 1 heterocycles. The van der Waals surface area contributed by atoms with Crippen molar-refractivity contribution in [3.8, 4) is 0 Å². The number of carbonyl (C=O) groups excluding carboxylic acids is 2. The van der Waals surface area contributed by atoms with Gasteiger partial charge in [0.1, 0.15) is 0 Å². The van der Waals surface area contributed by atoms with Gasteiger partial charge in [-0.3, -0.25) is 14.4 Å². The fourth-order valence-electron chi connectivity index (χ4n) is 2.59. The lowest BCUT2D eigenvalue weighted by atomic mass is 9.93. The van der Waals surface area contributed by atoms with Crippen LogP contribution in [0.1, 0.15) is 51.9 Å². The summed E-state index contributed by atoms with van der Waals surface area (Å²) in [6.07, 6.45) is 4.03. The molecule has 1 aliphatic heterocycles. The topological polar surface area (TPSA) is 86.7 Å². The van der Waals surface area contributed by atoms with E-state index in [1.54, 1.807) is 4.90 Å². The van der Waals surface area contributed by atoms with Crippen molar-refractivity contribution in [3.63, 3.8) is 0 Å². The van der Waals surface area contributed by atoms with Crippen LogP contribution in [-0.2, 0) is 14.4 Å². The first kappa shape index (κ1) is 17.5. The molecule has 1 fully saturated rings. The Kier molecular flexibility index (Phi) is 7.79. The molecule has 1 rings (SSSR count). The Morgan fingerprint density at radius 3 is 2.67 bits per heavy atom. The SMILES string of the molecule is CCCNC(=O)CCC(=O)N1CCCC(CCC(=O)O)C1. The Morgan fingerprint density at radius 2 is 2.00 bits per heavy atom. The zero-order valence-electron chi connectivity index (χ0n) is 12.8. The average Bonchev–Trinajstić information content (AvgIpc) is 2.48. The molecule has 0 aromatic rings. The summed E-state index contributed by atoms with van der Waals surface area (Å²) >= 11 is 0. The molecule has 0 aromatic carbocycles. The zero-order valence-corrected chi connectivity index (χ0v) is 12.8. The van der Waals surface area contributed by atoms with Gasteiger partial charge in [-0.2, -0.15) is 0 Å². The lowest BCUT2D eigenvalue weighted by molar-refractivity contribution is -0.137. The second-order valence-corrected chi connectivity index (χ2v) is 5.63. The smallest absolute Gasteiger partial charge is 0.303 e. The van der Waals surface area contributed by atoms with E-state index in [4.69, 9.17) is 5.11 Å². The number of hydrogen-bond acceptors (Lipinski definition) is 3. The van der Waals surface area contributed by atoms with E-state index in [0.717, 1.165) is 25.8 Å². The maximum absolute atomic E-state index is 12.1. The first-order valence-corrected chi connectivity index (χ1v) is 7.79. The van der Waals surface area contributed by atoms with E-state index in [2.05, 4.69) is 5.32 Å². The fraction of sp³-hybridized carbons (Fsp3) is 0.800. The van der Waals surface area contributed by atoms with E-state index in [9.17, 15) is 14.4 Å². The summed E-state index contributed by atoms with van der Waals surface area (Å²) in [5, 5.41) is 11.5. The van der Waals surface area contributed by atoms with Crippen molar-refractivity contribution in [1.29, 1.82) is 0 Å². The third-order valence-corrected chi connectivity index (χ3v) is 3.78. The minimum Gasteiger partial charge on any atom is -0.481 e. The Labute approximate surface area is 125 Å². The van der Waals surface area contributed by atoms with Gasteiger partial charge in [-0.1, -0.05) is 6.92 Å². The maximum atomic E-state index is 12.1. The summed E-state index contributed by atoms with van der Waals surface area (Å²) in [5.41, 5.74) is 0. The predicted octanol–water partition coefficient (Wildman–Crippen LogP) is 1.40. The van der Waals surface area contributed by atoms with Crippen LogP contribution in [0.5, 0.6) is 0 Å². The van der Waals surface area contributed by atoms with Crippen molar-refractivity contribution in [1.82, 2.24) is 10.2 Å². The van der Waals surface area contributed by atoms with E-state index < -0.39 is 5.97 Å². The van der Waals surface area contributed by atoms with E-state index in [-0.39, 0.29) is 37.0 Å². The van der Waals surface area contributed by atoms with Gasteiger partial charge in [0.15, 0.2) is 0 Å². The Morgan fingerprint density at radius 1 is 1.24 bits per heavy atom. The first-order valence-electron chi connectivity index (χ1n) is 7.79. The number of nitrogens with one attached hydrogen (secondary N) is 1. The number of piperidine rings is 1. The van der Waals surface area contributed by atoms with Gasteiger partial charge in [0, 0.05) is 38.9 Å². The number of carbonyl (C=O) groups is 3. The van der Waals surface area contributed by atoms with Gasteiger partial charge >= 0.3 is 5.97 Å². The molecule has 6 nitrogen and oxygen atoms in total. The van der Waals surface area contributed by atoms with Crippen LogP contribution in [0.25, 0.3) is 0 Å². The molecule has 1 unspecified atom stereocenters. The van der Waals surface area contributed by atoms with Crippen molar-refractivity contribution in [2.75, 3.05) is 19.6 Å². The van der Waals surface area contributed by atoms with E-state index >= 15 is 0 Å². The van der Waals surface area contributed by atoms with Gasteiger partial charge in [0.25, 0.3) is 0 Å². The summed E-state index contributed by atoms with van der Waals surface area (Å²) in [6, 6.07) is 0. The quantitative estimate of drug-likeness (QED) is 0.709. The molecule has 1 aliphatic rings. The van der Waals surface area contributed by atoms with Gasteiger partial charge in [0.05, 0.1) is 0 Å². The molecule has 21 heavy (non-hydrogen) atoms. The molecule has 1 atom stereocenters. The normalized spacial score (nSPS) is 18.3. The van der Waals surface area contributed by atoms with E-state index in [1.807, 2.05) is 6.92 Å². The number of rotatable bonds is 8. The third kappa shape index (κ3) is 7.11. The van der Waals surface area contributed by atoms with Crippen LogP contribution in [0.2, 0.25) is 0 Å². The average molecular weight is 298 g/mol. The third-order valence-electron chi connectivity index (χ3n) is 3.78. The molecule has 2 N–H and O–H groups in total. The monoisotopic (exact) mass is 298 g/mol. The predicted molar refractivity (Wildman–Crippen MR) is 78.7 cm³/mol. The first-order chi connectivity index (χ1) is 10.0. The second-order valence-electron chi connectivity index (χ2n) is 5.63. The Bertz CT molecular complexity index is 371. The van der Waals surface area contributed by atoms with Gasteiger partial charge in [-0.15, -0.1) is 0 Å². The van der Waals surface area contributed by atoms with Crippen LogP contribution in [0.4, 0.5) is 0 Å². The standard InChI is InChI=1S/C15H26N2O4/c1-2-9-16-13(18)6-7-14(19)17-10-3-4-12(11-17)5-8-15(20)21/h12H,2-11H2,1H3,(H,16,18)(H,20,21). The highest BCUT2D eigenvalue weighted by atomic mass is 16.4. The van der Waals surface area contributed by atoms with Crippen molar-refractivity contribution < 1.29 is 19.5 Å². The minimum atomic E-state index is -0.786. The highest BCUT2D eigenvalue weighted by Gasteiger charge is 2.24. The summed E-state index contributed by atoms with van der Waals surface area (Å²) in [5.74, 6) is -0.593. The van der Waals surface area contributed by atoms with Gasteiger partial charge in [-0.05, 0) is 31.6 Å². The number of likely N-dealkylation sites (tertiary alicyclic amines) is 1. The van der Waals surface area contributed by atoms with Crippen LogP contribution >= 0.6 is 0 Å². The minimum absolute atomic E-state index is 0.00155. The molecule has 1 saturated heterocycles. The molecular formula is C15H26N2O4. The molecule has 120 valence electrons. The van der Waals surface area contributed by atoms with Gasteiger partial charge in [0.2, 0.25) is 11.8 Å². The molecule has 0 aliphatic carbocycles. The van der Waals surface area contributed by atoms with Crippen LogP contribution < -0.4 is 5.32 Å². The summed E-state index contributed by atoms with van der Waals surface area (Å²) < 4.78 is 0. The second kappa shape index (κ2) is 9.37. The molecule has 0 saturated carbocycles. The number of amides is 2. The van der Waals surface area contributed by atoms with Crippen LogP contribution in [0.15, 0.2) is 0 Å². The zero-order chi connectivity index (χ0) is 15.7. The number of carboxylic acid groups (broad SMARTS) is 1. The van der Waals surface area contributed by atoms with Crippen LogP contribution in [0.3, 0.4) is 0 Å². The molecule has 2 amide bonds. The van der Waals surface area contributed by atoms with E-state index in [1.165, 1.54) is 0 Å². The molecule has 0 spiro atoms. The van der Waals surface area contributed by atoms with Gasteiger partial charge in [-0.25, -0.2) is 0 Å². The number of carboxylic acids is 1. The summed E-state index contributed by atoms with van der Waals surface area (Å²) in [7, 11) is 0. The van der Waals surface area contributed by atoms with E-state index in [0.29, 0.717) is 19.5 Å². The number of hydrogen-bond donors (Lipinski definition) is 2. The fourth-order valence-corrected chi connectivity index (χ4v) is 2.59. The maximum Gasteiger partial charge on any atom is 0.303 e. The van der Waals surface area contributed by atoms with Gasteiger partial charge < -0.3 is 15.3 Å². The van der Waals surface area contributed by atoms with Crippen molar-refractivity contribution >= 4 is 17.8 Å². The molecular weight excluding hydrogens is 272 g/mol. The number of nitrogens with zero attached hydrogens (tertiary/aromatic N) is 1. The highest BCUT2D eigenvalue weighted by molar-refractivity contribution is 5.83. The summed E-state index contributed by atoms with van der Waals surface area (Å²) in [6.45, 7) is 3.98. The molecule has 0 radical (unpaired) electrons. The molecule has 6 heteroatoms. The largest absolute Gasteiger partial charge is 0.481 e. The molecule has 0 bridgehead atoms. The Hall–Kier alpha value is -1.59. The highest BCUT2D eigenvalue weighted by Crippen LogP contribution is 2.21. The summed E-state index contributed by atoms with van der Waals surface area (Å²) in [4.78, 5) is 36.0.